The van der Waals surface area contributed by atoms with Gasteiger partial charge >= 0.3 is 0 Å². The van der Waals surface area contributed by atoms with Crippen LogP contribution in [0.4, 0.5) is 0 Å². The number of amides is 1. The van der Waals surface area contributed by atoms with Gasteiger partial charge in [0.25, 0.3) is 5.91 Å². The van der Waals surface area contributed by atoms with E-state index in [4.69, 9.17) is 0 Å². The first kappa shape index (κ1) is 13.3. The molecule has 0 aliphatic heterocycles. The van der Waals surface area contributed by atoms with Gasteiger partial charge < -0.3 is 5.32 Å². The summed E-state index contributed by atoms with van der Waals surface area (Å²) in [5.41, 5.74) is 4.01. The average Bonchev–Trinajstić information content (AvgIpc) is 2.45. The Bertz CT molecular complexity index is 558. The first-order chi connectivity index (χ1) is 9.22. The fraction of sp³-hybridized carbons (Fsp3) is 0.235. The Labute approximate surface area is 114 Å². The van der Waals surface area contributed by atoms with Crippen molar-refractivity contribution in [1.82, 2.24) is 5.32 Å². The zero-order valence-corrected chi connectivity index (χ0v) is 11.4. The Kier molecular flexibility index (Phi) is 4.35. The molecule has 0 atom stereocenters. The number of rotatable bonds is 4. The molecule has 0 spiro atoms. The van der Waals surface area contributed by atoms with Gasteiger partial charge in [0.1, 0.15) is 0 Å². The van der Waals surface area contributed by atoms with Gasteiger partial charge in [0.05, 0.1) is 0 Å². The van der Waals surface area contributed by atoms with Crippen molar-refractivity contribution >= 4 is 5.91 Å². The van der Waals surface area contributed by atoms with Gasteiger partial charge in [-0.3, -0.25) is 4.79 Å². The summed E-state index contributed by atoms with van der Waals surface area (Å²) in [4.78, 5) is 12.2. The minimum Gasteiger partial charge on any atom is -0.352 e. The molecule has 0 heterocycles. The number of carbonyl (C=O) groups is 1. The molecule has 2 rings (SSSR count). The molecule has 0 aromatic heterocycles. The van der Waals surface area contributed by atoms with E-state index in [1.807, 2.05) is 31.2 Å². The third kappa shape index (κ3) is 3.22. The van der Waals surface area contributed by atoms with Crippen LogP contribution < -0.4 is 5.32 Å². The summed E-state index contributed by atoms with van der Waals surface area (Å²) in [6.45, 7) is 4.82. The van der Waals surface area contributed by atoms with Gasteiger partial charge in [-0.15, -0.1) is 0 Å². The van der Waals surface area contributed by atoms with E-state index in [2.05, 4.69) is 36.5 Å². The zero-order chi connectivity index (χ0) is 13.7. The van der Waals surface area contributed by atoms with Crippen LogP contribution in [0.15, 0.2) is 48.5 Å². The summed E-state index contributed by atoms with van der Waals surface area (Å²) in [5.74, 6) is -0.00183. The molecule has 0 unspecified atom stereocenters. The first-order valence-electron chi connectivity index (χ1n) is 6.66. The van der Waals surface area contributed by atoms with E-state index in [1.54, 1.807) is 0 Å². The Morgan fingerprint density at radius 3 is 2.42 bits per heavy atom. The molecular weight excluding hydrogens is 234 g/mol. The molecule has 98 valence electrons. The summed E-state index contributed by atoms with van der Waals surface area (Å²) in [6, 6.07) is 16.0. The van der Waals surface area contributed by atoms with Gasteiger partial charge in [0.15, 0.2) is 0 Å². The number of carbonyl (C=O) groups excluding carboxylic acids is 1. The van der Waals surface area contributed by atoms with E-state index in [1.165, 1.54) is 5.56 Å². The summed E-state index contributed by atoms with van der Waals surface area (Å²) in [6.07, 6.45) is 0.943. The first-order valence-corrected chi connectivity index (χ1v) is 6.66. The highest BCUT2D eigenvalue weighted by Gasteiger charge is 2.11. The van der Waals surface area contributed by atoms with E-state index in [0.717, 1.165) is 23.1 Å². The molecule has 0 radical (unpaired) electrons. The summed E-state index contributed by atoms with van der Waals surface area (Å²) in [7, 11) is 0. The van der Waals surface area contributed by atoms with Crippen molar-refractivity contribution in [3.05, 3.63) is 59.7 Å². The maximum Gasteiger partial charge on any atom is 0.251 e. The second-order valence-electron chi connectivity index (χ2n) is 4.67. The van der Waals surface area contributed by atoms with Crippen LogP contribution in [0.1, 0.15) is 29.3 Å². The van der Waals surface area contributed by atoms with Gasteiger partial charge in [-0.2, -0.15) is 0 Å². The molecule has 0 bridgehead atoms. The molecule has 2 aromatic rings. The number of nitrogens with one attached hydrogen (secondary N) is 1. The third-order valence-electron chi connectivity index (χ3n) is 3.07. The minimum absolute atomic E-state index is 0.00183. The number of benzene rings is 2. The van der Waals surface area contributed by atoms with E-state index in [-0.39, 0.29) is 5.91 Å². The van der Waals surface area contributed by atoms with Crippen LogP contribution in [0, 0.1) is 6.92 Å². The molecule has 2 aromatic carbocycles. The molecular formula is C17H19NO. The second kappa shape index (κ2) is 6.19. The van der Waals surface area contributed by atoms with Crippen LogP contribution in [-0.4, -0.2) is 12.5 Å². The van der Waals surface area contributed by atoms with Gasteiger partial charge in [-0.25, -0.2) is 0 Å². The largest absolute Gasteiger partial charge is 0.352 e. The second-order valence-corrected chi connectivity index (χ2v) is 4.67. The van der Waals surface area contributed by atoms with Crippen LogP contribution in [0.5, 0.6) is 0 Å². The van der Waals surface area contributed by atoms with Crippen molar-refractivity contribution in [2.24, 2.45) is 0 Å². The molecule has 0 fully saturated rings. The molecule has 2 heteroatoms. The molecule has 0 aliphatic rings. The Balaban J connectivity index is 2.35. The predicted octanol–water partition coefficient (Wildman–Crippen LogP) is 3.80. The summed E-state index contributed by atoms with van der Waals surface area (Å²) >= 11 is 0. The lowest BCUT2D eigenvalue weighted by Gasteiger charge is -2.10. The van der Waals surface area contributed by atoms with Crippen molar-refractivity contribution in [2.75, 3.05) is 6.54 Å². The van der Waals surface area contributed by atoms with E-state index >= 15 is 0 Å². The lowest BCUT2D eigenvalue weighted by molar-refractivity contribution is 0.0954. The molecule has 1 amide bonds. The van der Waals surface area contributed by atoms with Crippen LogP contribution in [-0.2, 0) is 0 Å². The Hall–Kier alpha value is -2.09. The fourth-order valence-electron chi connectivity index (χ4n) is 2.00. The summed E-state index contributed by atoms with van der Waals surface area (Å²) in [5, 5.41) is 2.93. The highest BCUT2D eigenvalue weighted by Crippen LogP contribution is 2.23. The predicted molar refractivity (Wildman–Crippen MR) is 79.2 cm³/mol. The highest BCUT2D eigenvalue weighted by atomic mass is 16.1. The van der Waals surface area contributed by atoms with E-state index in [0.29, 0.717) is 6.54 Å². The van der Waals surface area contributed by atoms with Crippen LogP contribution in [0.25, 0.3) is 11.1 Å². The van der Waals surface area contributed by atoms with Gasteiger partial charge in [0.2, 0.25) is 0 Å². The maximum atomic E-state index is 12.2. The Morgan fingerprint density at radius 1 is 1.05 bits per heavy atom. The topological polar surface area (TPSA) is 29.1 Å². The minimum atomic E-state index is -0.00183. The van der Waals surface area contributed by atoms with Crippen LogP contribution >= 0.6 is 0 Å². The lowest BCUT2D eigenvalue weighted by atomic mass is 9.98. The van der Waals surface area contributed by atoms with Crippen molar-refractivity contribution < 1.29 is 4.79 Å². The van der Waals surface area contributed by atoms with Crippen LogP contribution in [0.2, 0.25) is 0 Å². The lowest BCUT2D eigenvalue weighted by Crippen LogP contribution is -2.24. The fourth-order valence-corrected chi connectivity index (χ4v) is 2.00. The monoisotopic (exact) mass is 253 g/mol. The molecule has 0 aliphatic carbocycles. The van der Waals surface area contributed by atoms with Gasteiger partial charge in [-0.1, -0.05) is 55.0 Å². The summed E-state index contributed by atoms with van der Waals surface area (Å²) < 4.78 is 0. The smallest absolute Gasteiger partial charge is 0.251 e. The maximum absolute atomic E-state index is 12.2. The zero-order valence-electron chi connectivity index (χ0n) is 11.4. The Morgan fingerprint density at radius 2 is 1.74 bits per heavy atom. The van der Waals surface area contributed by atoms with Crippen molar-refractivity contribution in [2.45, 2.75) is 20.3 Å². The third-order valence-corrected chi connectivity index (χ3v) is 3.07. The molecule has 19 heavy (non-hydrogen) atoms. The standard InChI is InChI=1S/C17H19NO/c1-3-12-18-17(19)16-7-5-4-6-15(16)14-10-8-13(2)9-11-14/h4-11H,3,12H2,1-2H3,(H,18,19). The van der Waals surface area contributed by atoms with Crippen molar-refractivity contribution in [3.8, 4) is 11.1 Å². The normalized spacial score (nSPS) is 10.2. The van der Waals surface area contributed by atoms with Crippen LogP contribution in [0.3, 0.4) is 0 Å². The molecule has 2 nitrogen and oxygen atoms in total. The highest BCUT2D eigenvalue weighted by molar-refractivity contribution is 6.00. The van der Waals surface area contributed by atoms with E-state index < -0.39 is 0 Å². The SMILES string of the molecule is CCCNC(=O)c1ccccc1-c1ccc(C)cc1. The number of hydrogen-bond acceptors (Lipinski definition) is 1. The van der Waals surface area contributed by atoms with Crippen molar-refractivity contribution in [3.63, 3.8) is 0 Å². The molecule has 0 saturated heterocycles. The average molecular weight is 253 g/mol. The number of hydrogen-bond donors (Lipinski definition) is 1. The quantitative estimate of drug-likeness (QED) is 0.882. The van der Waals surface area contributed by atoms with E-state index in [9.17, 15) is 4.79 Å². The van der Waals surface area contributed by atoms with Crippen molar-refractivity contribution in [1.29, 1.82) is 0 Å². The van der Waals surface area contributed by atoms with Gasteiger partial charge in [0, 0.05) is 12.1 Å². The van der Waals surface area contributed by atoms with Gasteiger partial charge in [-0.05, 0) is 30.5 Å². The number of aryl methyl sites for hydroxylation is 1. The molecule has 0 saturated carbocycles. The molecule has 1 N–H and O–H groups in total.